The van der Waals surface area contributed by atoms with Crippen molar-refractivity contribution in [1.29, 1.82) is 0 Å². The summed E-state index contributed by atoms with van der Waals surface area (Å²) in [5.74, 6) is -0.851. The molecule has 1 fully saturated rings. The van der Waals surface area contributed by atoms with E-state index in [4.69, 9.17) is 4.74 Å². The molecule has 0 unspecified atom stereocenters. The average molecular weight is 264 g/mol. The molecule has 0 saturated carbocycles. The molecule has 19 heavy (non-hydrogen) atoms. The summed E-state index contributed by atoms with van der Waals surface area (Å²) in [6, 6.07) is 0. The number of aliphatic hydroxyl groups is 2. The van der Waals surface area contributed by atoms with E-state index in [-0.39, 0.29) is 12.7 Å². The molecule has 2 N–H and O–H groups in total. The highest BCUT2D eigenvalue weighted by molar-refractivity contribution is 5.91. The first kappa shape index (κ1) is 14.0. The predicted molar refractivity (Wildman–Crippen MR) is 71.3 cm³/mol. The molecule has 0 aromatic carbocycles. The van der Waals surface area contributed by atoms with Gasteiger partial charge in [-0.05, 0) is 25.3 Å². The zero-order valence-corrected chi connectivity index (χ0v) is 11.1. The lowest BCUT2D eigenvalue weighted by Gasteiger charge is -2.23. The van der Waals surface area contributed by atoms with E-state index in [0.717, 1.165) is 17.6 Å². The number of aliphatic hydroxyl groups excluding tert-OH is 2. The number of esters is 1. The summed E-state index contributed by atoms with van der Waals surface area (Å²) in [6.07, 6.45) is 4.68. The smallest absolute Gasteiger partial charge is 0.334 e. The summed E-state index contributed by atoms with van der Waals surface area (Å²) >= 11 is 0. The molecule has 4 nitrogen and oxygen atoms in total. The van der Waals surface area contributed by atoms with E-state index in [0.29, 0.717) is 18.4 Å². The van der Waals surface area contributed by atoms with Gasteiger partial charge in [-0.25, -0.2) is 4.79 Å². The lowest BCUT2D eigenvalue weighted by Crippen LogP contribution is -2.29. The van der Waals surface area contributed by atoms with Crippen LogP contribution in [0.15, 0.2) is 35.5 Å². The molecule has 1 aliphatic heterocycles. The van der Waals surface area contributed by atoms with E-state index in [2.05, 4.69) is 12.7 Å². The number of ether oxygens (including phenoxy) is 1. The molecule has 1 saturated heterocycles. The largest absolute Gasteiger partial charge is 0.458 e. The lowest BCUT2D eigenvalue weighted by atomic mass is 9.86. The van der Waals surface area contributed by atoms with E-state index in [1.807, 2.05) is 6.92 Å². The van der Waals surface area contributed by atoms with Crippen molar-refractivity contribution in [3.63, 3.8) is 0 Å². The van der Waals surface area contributed by atoms with Gasteiger partial charge in [-0.1, -0.05) is 24.3 Å². The van der Waals surface area contributed by atoms with Crippen LogP contribution < -0.4 is 0 Å². The highest BCUT2D eigenvalue weighted by atomic mass is 16.6. The topological polar surface area (TPSA) is 66.8 Å². The Kier molecular flexibility index (Phi) is 4.22. The molecule has 0 aromatic heterocycles. The van der Waals surface area contributed by atoms with Crippen LogP contribution in [0.4, 0.5) is 0 Å². The summed E-state index contributed by atoms with van der Waals surface area (Å²) in [5.41, 5.74) is 2.23. The third-order valence-electron chi connectivity index (χ3n) is 3.78. The fraction of sp³-hybridized carbons (Fsp3) is 0.533. The van der Waals surface area contributed by atoms with Crippen molar-refractivity contribution in [2.24, 2.45) is 5.92 Å². The number of carbonyl (C=O) groups is 1. The molecule has 2 aliphatic rings. The minimum absolute atomic E-state index is 0.0807. The molecule has 0 aromatic rings. The van der Waals surface area contributed by atoms with E-state index in [1.54, 1.807) is 6.08 Å². The second kappa shape index (κ2) is 5.72. The summed E-state index contributed by atoms with van der Waals surface area (Å²) in [7, 11) is 0. The first-order valence-electron chi connectivity index (χ1n) is 6.57. The van der Waals surface area contributed by atoms with Crippen LogP contribution in [-0.4, -0.2) is 35.0 Å². The van der Waals surface area contributed by atoms with Crippen molar-refractivity contribution in [3.8, 4) is 0 Å². The first-order valence-corrected chi connectivity index (χ1v) is 6.57. The Morgan fingerprint density at radius 1 is 1.53 bits per heavy atom. The van der Waals surface area contributed by atoms with Gasteiger partial charge < -0.3 is 14.9 Å². The SMILES string of the molecule is C=C1C(=O)O[C@H]2C/C(C)=C/CC/C(CO)=C\[C@H](O)[C@H]12. The summed E-state index contributed by atoms with van der Waals surface area (Å²) in [6.45, 7) is 5.63. The third-order valence-corrected chi connectivity index (χ3v) is 3.78. The Morgan fingerprint density at radius 3 is 2.95 bits per heavy atom. The molecular weight excluding hydrogens is 244 g/mol. The van der Waals surface area contributed by atoms with Crippen LogP contribution in [0.1, 0.15) is 26.2 Å². The van der Waals surface area contributed by atoms with Crippen LogP contribution in [0.5, 0.6) is 0 Å². The van der Waals surface area contributed by atoms with Gasteiger partial charge in [-0.15, -0.1) is 0 Å². The van der Waals surface area contributed by atoms with E-state index in [9.17, 15) is 15.0 Å². The Hall–Kier alpha value is -1.39. The van der Waals surface area contributed by atoms with Crippen molar-refractivity contribution in [1.82, 2.24) is 0 Å². The van der Waals surface area contributed by atoms with Crippen molar-refractivity contribution < 1.29 is 19.7 Å². The average Bonchev–Trinajstić information content (AvgIpc) is 2.63. The van der Waals surface area contributed by atoms with Gasteiger partial charge in [0, 0.05) is 12.0 Å². The number of fused-ring (bicyclic) bond motifs is 1. The molecule has 104 valence electrons. The number of hydrogen-bond acceptors (Lipinski definition) is 4. The molecule has 2 rings (SSSR count). The van der Waals surface area contributed by atoms with E-state index in [1.165, 1.54) is 0 Å². The molecule has 1 heterocycles. The number of rotatable bonds is 1. The van der Waals surface area contributed by atoms with Crippen LogP contribution in [-0.2, 0) is 9.53 Å². The van der Waals surface area contributed by atoms with Crippen molar-refractivity contribution in [2.45, 2.75) is 38.4 Å². The van der Waals surface area contributed by atoms with Gasteiger partial charge in [0.25, 0.3) is 0 Å². The first-order chi connectivity index (χ1) is 9.02. The second-order valence-electron chi connectivity index (χ2n) is 5.26. The second-order valence-corrected chi connectivity index (χ2v) is 5.26. The maximum atomic E-state index is 11.6. The van der Waals surface area contributed by atoms with Crippen molar-refractivity contribution in [2.75, 3.05) is 6.61 Å². The highest BCUT2D eigenvalue weighted by Crippen LogP contribution is 2.34. The summed E-state index contributed by atoms with van der Waals surface area (Å²) in [4.78, 5) is 11.6. The van der Waals surface area contributed by atoms with Crippen molar-refractivity contribution in [3.05, 3.63) is 35.5 Å². The van der Waals surface area contributed by atoms with Gasteiger partial charge in [0.15, 0.2) is 0 Å². The minimum atomic E-state index is -0.836. The molecule has 0 radical (unpaired) electrons. The quantitative estimate of drug-likeness (QED) is 0.428. The molecule has 3 atom stereocenters. The van der Waals surface area contributed by atoms with Gasteiger partial charge >= 0.3 is 5.97 Å². The fourth-order valence-corrected chi connectivity index (χ4v) is 2.71. The van der Waals surface area contributed by atoms with Crippen LogP contribution in [0, 0.1) is 5.92 Å². The minimum Gasteiger partial charge on any atom is -0.458 e. The van der Waals surface area contributed by atoms with Gasteiger partial charge in [-0.2, -0.15) is 0 Å². The summed E-state index contributed by atoms with van der Waals surface area (Å²) in [5, 5.41) is 19.6. The molecule has 0 bridgehead atoms. The fourth-order valence-electron chi connectivity index (χ4n) is 2.71. The van der Waals surface area contributed by atoms with Gasteiger partial charge in [-0.3, -0.25) is 0 Å². The maximum Gasteiger partial charge on any atom is 0.334 e. The predicted octanol–water partition coefficient (Wildman–Crippen LogP) is 1.49. The maximum absolute atomic E-state index is 11.6. The number of hydrogen-bond donors (Lipinski definition) is 2. The van der Waals surface area contributed by atoms with Gasteiger partial charge in [0.05, 0.1) is 18.6 Å². The van der Waals surface area contributed by atoms with Gasteiger partial charge in [0.2, 0.25) is 0 Å². The Bertz CT molecular complexity index is 447. The van der Waals surface area contributed by atoms with E-state index >= 15 is 0 Å². The van der Waals surface area contributed by atoms with E-state index < -0.39 is 18.0 Å². The zero-order chi connectivity index (χ0) is 14.0. The van der Waals surface area contributed by atoms with Crippen LogP contribution in [0.2, 0.25) is 0 Å². The monoisotopic (exact) mass is 264 g/mol. The Balaban J connectivity index is 2.33. The normalized spacial score (nSPS) is 37.7. The van der Waals surface area contributed by atoms with Gasteiger partial charge in [0.1, 0.15) is 6.10 Å². The molecule has 0 spiro atoms. The summed E-state index contributed by atoms with van der Waals surface area (Å²) < 4.78 is 5.29. The molecular formula is C15H20O4. The highest BCUT2D eigenvalue weighted by Gasteiger charge is 2.42. The standard InChI is InChI=1S/C15H20O4/c1-9-4-3-5-11(8-16)7-12(17)14-10(2)15(18)19-13(14)6-9/h4,7,12-14,16-17H,2-3,5-6,8H2,1H3/b9-4+,11-7+/t12-,13-,14-/m0/s1. The molecule has 4 heteroatoms. The van der Waals surface area contributed by atoms with Crippen LogP contribution in [0.3, 0.4) is 0 Å². The zero-order valence-electron chi connectivity index (χ0n) is 11.1. The van der Waals surface area contributed by atoms with Crippen LogP contribution in [0.25, 0.3) is 0 Å². The number of carbonyl (C=O) groups excluding carboxylic acids is 1. The number of allylic oxidation sites excluding steroid dienone is 1. The molecule has 1 aliphatic carbocycles. The lowest BCUT2D eigenvalue weighted by molar-refractivity contribution is -0.139. The Labute approximate surface area is 113 Å². The molecule has 0 amide bonds. The third kappa shape index (κ3) is 2.96. The van der Waals surface area contributed by atoms with Crippen molar-refractivity contribution >= 4 is 5.97 Å². The van der Waals surface area contributed by atoms with Crippen LogP contribution >= 0.6 is 0 Å². The Morgan fingerprint density at radius 2 is 2.26 bits per heavy atom.